The Hall–Kier alpha value is -1.80. The minimum Gasteiger partial charge on any atom is -0.491 e. The van der Waals surface area contributed by atoms with Gasteiger partial charge in [-0.1, -0.05) is 42.5 Å². The van der Waals surface area contributed by atoms with E-state index in [1.54, 1.807) is 0 Å². The summed E-state index contributed by atoms with van der Waals surface area (Å²) in [6.07, 6.45) is 0. The Morgan fingerprint density at radius 2 is 1.78 bits per heavy atom. The highest BCUT2D eigenvalue weighted by Crippen LogP contribution is 2.16. The number of aliphatic imine (C=N–C) groups is 1. The zero-order valence-electron chi connectivity index (χ0n) is 16.3. The maximum absolute atomic E-state index is 9.45. The van der Waals surface area contributed by atoms with E-state index < -0.39 is 0 Å². The quantitative estimate of drug-likeness (QED) is 0.343. The molecule has 0 saturated heterocycles. The summed E-state index contributed by atoms with van der Waals surface area (Å²) < 4.78 is 5.88. The Morgan fingerprint density at radius 3 is 2.44 bits per heavy atom. The predicted molar refractivity (Wildman–Crippen MR) is 122 cm³/mol. The van der Waals surface area contributed by atoms with Crippen molar-refractivity contribution in [1.82, 2.24) is 10.2 Å². The summed E-state index contributed by atoms with van der Waals surface area (Å²) >= 11 is 0. The van der Waals surface area contributed by atoms with Crippen LogP contribution in [0.1, 0.15) is 23.6 Å². The van der Waals surface area contributed by atoms with E-state index in [-0.39, 0.29) is 30.6 Å². The number of aliphatic hydroxyl groups is 1. The molecule has 0 aromatic heterocycles. The van der Waals surface area contributed by atoms with Crippen LogP contribution < -0.4 is 10.1 Å². The van der Waals surface area contributed by atoms with Gasteiger partial charge in [0.1, 0.15) is 12.4 Å². The maximum atomic E-state index is 9.45. The van der Waals surface area contributed by atoms with Crippen LogP contribution in [0.2, 0.25) is 0 Å². The molecule has 0 aliphatic carbocycles. The van der Waals surface area contributed by atoms with Crippen LogP contribution >= 0.6 is 24.0 Å². The second kappa shape index (κ2) is 12.6. The van der Waals surface area contributed by atoms with Gasteiger partial charge in [0.05, 0.1) is 19.7 Å². The van der Waals surface area contributed by atoms with Crippen molar-refractivity contribution in [2.45, 2.75) is 27.0 Å². The van der Waals surface area contributed by atoms with Gasteiger partial charge < -0.3 is 20.1 Å². The van der Waals surface area contributed by atoms with E-state index in [4.69, 9.17) is 9.73 Å². The number of nitrogens with zero attached hydrogens (tertiary/aromatic N) is 2. The largest absolute Gasteiger partial charge is 0.491 e. The molecule has 6 heteroatoms. The first-order valence-corrected chi connectivity index (χ1v) is 9.01. The van der Waals surface area contributed by atoms with Gasteiger partial charge in [0.25, 0.3) is 0 Å². The molecule has 0 amide bonds. The number of aryl methyl sites for hydroxylation is 1. The van der Waals surface area contributed by atoms with Gasteiger partial charge >= 0.3 is 0 Å². The summed E-state index contributed by atoms with van der Waals surface area (Å²) in [5.74, 6) is 1.74. The van der Waals surface area contributed by atoms with Crippen molar-refractivity contribution in [3.05, 3.63) is 65.2 Å². The average molecular weight is 483 g/mol. The van der Waals surface area contributed by atoms with Crippen LogP contribution in [0.25, 0.3) is 0 Å². The van der Waals surface area contributed by atoms with Crippen molar-refractivity contribution in [2.24, 2.45) is 4.99 Å². The lowest BCUT2D eigenvalue weighted by Crippen LogP contribution is -2.40. The number of hydrogen-bond acceptors (Lipinski definition) is 3. The first-order valence-electron chi connectivity index (χ1n) is 9.01. The summed E-state index contributed by atoms with van der Waals surface area (Å²) in [7, 11) is 2.00. The minimum atomic E-state index is 0. The molecule has 0 aliphatic heterocycles. The number of nitrogens with one attached hydrogen (secondary N) is 1. The molecule has 0 bridgehead atoms. The third kappa shape index (κ3) is 7.38. The molecular formula is C21H30IN3O2. The third-order valence-electron chi connectivity index (χ3n) is 4.16. The van der Waals surface area contributed by atoms with E-state index in [0.717, 1.165) is 41.5 Å². The van der Waals surface area contributed by atoms with Gasteiger partial charge in [0.15, 0.2) is 5.96 Å². The van der Waals surface area contributed by atoms with Crippen molar-refractivity contribution in [3.8, 4) is 5.75 Å². The van der Waals surface area contributed by atoms with E-state index in [2.05, 4.69) is 17.1 Å². The van der Waals surface area contributed by atoms with Gasteiger partial charge in [0, 0.05) is 13.6 Å². The van der Waals surface area contributed by atoms with E-state index in [0.29, 0.717) is 13.2 Å². The molecule has 0 atom stereocenters. The highest BCUT2D eigenvalue weighted by Gasteiger charge is 2.07. The SMILES string of the molecule is CCNC(=NCc1ccccc1CO)N(C)CCOc1ccccc1C.I. The van der Waals surface area contributed by atoms with Crippen LogP contribution in [0, 0.1) is 6.92 Å². The topological polar surface area (TPSA) is 57.1 Å². The van der Waals surface area contributed by atoms with Crippen molar-refractivity contribution in [2.75, 3.05) is 26.7 Å². The Kier molecular flexibility index (Phi) is 10.8. The molecular weight excluding hydrogens is 453 g/mol. The monoisotopic (exact) mass is 483 g/mol. The van der Waals surface area contributed by atoms with Gasteiger partial charge in [-0.25, -0.2) is 4.99 Å². The third-order valence-corrected chi connectivity index (χ3v) is 4.16. The normalized spacial score (nSPS) is 10.9. The van der Waals surface area contributed by atoms with E-state index in [1.807, 2.05) is 62.5 Å². The summed E-state index contributed by atoms with van der Waals surface area (Å²) in [5.41, 5.74) is 3.09. The smallest absolute Gasteiger partial charge is 0.194 e. The Morgan fingerprint density at radius 1 is 1.11 bits per heavy atom. The fourth-order valence-electron chi connectivity index (χ4n) is 2.61. The molecule has 0 spiro atoms. The van der Waals surface area contributed by atoms with E-state index >= 15 is 0 Å². The lowest BCUT2D eigenvalue weighted by Gasteiger charge is -2.22. The number of hydrogen-bond donors (Lipinski definition) is 2. The zero-order chi connectivity index (χ0) is 18.8. The summed E-state index contributed by atoms with van der Waals surface area (Å²) in [4.78, 5) is 6.76. The number of rotatable bonds is 8. The first kappa shape index (κ1) is 23.2. The lowest BCUT2D eigenvalue weighted by atomic mass is 10.1. The van der Waals surface area contributed by atoms with Gasteiger partial charge in [-0.2, -0.15) is 0 Å². The number of ether oxygens (including phenoxy) is 1. The molecule has 0 radical (unpaired) electrons. The molecule has 2 rings (SSSR count). The van der Waals surface area contributed by atoms with Crippen molar-refractivity contribution >= 4 is 29.9 Å². The highest BCUT2D eigenvalue weighted by molar-refractivity contribution is 14.0. The van der Waals surface area contributed by atoms with Crippen LogP contribution in [0.3, 0.4) is 0 Å². The molecule has 2 aromatic carbocycles. The van der Waals surface area contributed by atoms with Crippen LogP contribution in [0.5, 0.6) is 5.75 Å². The lowest BCUT2D eigenvalue weighted by molar-refractivity contribution is 0.279. The van der Waals surface area contributed by atoms with E-state index in [1.165, 1.54) is 0 Å². The molecule has 2 aromatic rings. The Labute approximate surface area is 179 Å². The molecule has 5 nitrogen and oxygen atoms in total. The van der Waals surface area contributed by atoms with Gasteiger partial charge in [0.2, 0.25) is 0 Å². The predicted octanol–water partition coefficient (Wildman–Crippen LogP) is 3.58. The van der Waals surface area contributed by atoms with Gasteiger partial charge in [-0.15, -0.1) is 24.0 Å². The molecule has 2 N–H and O–H groups in total. The van der Waals surface area contributed by atoms with Crippen LogP contribution in [0.15, 0.2) is 53.5 Å². The second-order valence-electron chi connectivity index (χ2n) is 6.13. The fraction of sp³-hybridized carbons (Fsp3) is 0.381. The number of aliphatic hydroxyl groups excluding tert-OH is 1. The van der Waals surface area contributed by atoms with Crippen LogP contribution in [0.4, 0.5) is 0 Å². The molecule has 0 saturated carbocycles. The minimum absolute atomic E-state index is 0. The number of halogens is 1. The molecule has 148 valence electrons. The number of benzene rings is 2. The molecule has 27 heavy (non-hydrogen) atoms. The zero-order valence-corrected chi connectivity index (χ0v) is 18.6. The molecule has 0 aliphatic rings. The standard InChI is InChI=1S/C21H29N3O2.HI/c1-4-22-21(23-15-18-10-6-7-11-19(18)16-25)24(3)13-14-26-20-12-8-5-9-17(20)2;/h5-12,25H,4,13-16H2,1-3H3,(H,22,23);1H. The van der Waals surface area contributed by atoms with Crippen molar-refractivity contribution < 1.29 is 9.84 Å². The fourth-order valence-corrected chi connectivity index (χ4v) is 2.61. The Balaban J connectivity index is 0.00000364. The summed E-state index contributed by atoms with van der Waals surface area (Å²) in [5, 5.41) is 12.8. The van der Waals surface area contributed by atoms with Crippen LogP contribution in [-0.4, -0.2) is 42.7 Å². The van der Waals surface area contributed by atoms with Gasteiger partial charge in [-0.05, 0) is 36.6 Å². The van der Waals surface area contributed by atoms with E-state index in [9.17, 15) is 5.11 Å². The molecule has 0 unspecified atom stereocenters. The number of likely N-dealkylation sites (N-methyl/N-ethyl adjacent to an activating group) is 1. The number of para-hydroxylation sites is 1. The average Bonchev–Trinajstić information content (AvgIpc) is 2.66. The number of guanidine groups is 1. The first-order chi connectivity index (χ1) is 12.7. The van der Waals surface area contributed by atoms with Gasteiger partial charge in [-0.3, -0.25) is 0 Å². The second-order valence-corrected chi connectivity index (χ2v) is 6.13. The highest BCUT2D eigenvalue weighted by atomic mass is 127. The summed E-state index contributed by atoms with van der Waals surface area (Å²) in [6.45, 7) is 6.76. The maximum Gasteiger partial charge on any atom is 0.194 e. The van der Waals surface area contributed by atoms with Crippen LogP contribution in [-0.2, 0) is 13.2 Å². The summed E-state index contributed by atoms with van der Waals surface area (Å²) in [6, 6.07) is 15.8. The molecule has 0 fully saturated rings. The van der Waals surface area contributed by atoms with Crippen molar-refractivity contribution in [3.63, 3.8) is 0 Å². The Bertz CT molecular complexity index is 722. The van der Waals surface area contributed by atoms with Crippen molar-refractivity contribution in [1.29, 1.82) is 0 Å². The molecule has 0 heterocycles.